The van der Waals surface area contributed by atoms with E-state index < -0.39 is 6.10 Å². The first kappa shape index (κ1) is 12.8. The minimum atomic E-state index is -0.409. The molecule has 2 aliphatic rings. The second-order valence-electron chi connectivity index (χ2n) is 4.70. The Kier molecular flexibility index (Phi) is 4.76. The molecule has 2 fully saturated rings. The molecule has 2 saturated heterocycles. The van der Waals surface area contributed by atoms with Gasteiger partial charge in [-0.05, 0) is 18.8 Å². The SMILES string of the molecule is COC(=O)C1CN(CC2CCOCC2)CCO1. The molecule has 5 nitrogen and oxygen atoms in total. The minimum Gasteiger partial charge on any atom is -0.467 e. The van der Waals surface area contributed by atoms with Gasteiger partial charge in [-0.2, -0.15) is 0 Å². The number of hydrogen-bond donors (Lipinski definition) is 0. The third kappa shape index (κ3) is 3.66. The van der Waals surface area contributed by atoms with Crippen molar-refractivity contribution in [3.05, 3.63) is 0 Å². The Labute approximate surface area is 102 Å². The molecule has 0 saturated carbocycles. The van der Waals surface area contributed by atoms with Gasteiger partial charge in [0.15, 0.2) is 6.10 Å². The van der Waals surface area contributed by atoms with Crippen molar-refractivity contribution >= 4 is 5.97 Å². The van der Waals surface area contributed by atoms with Gasteiger partial charge in [0.1, 0.15) is 0 Å². The summed E-state index contributed by atoms with van der Waals surface area (Å²) in [6, 6.07) is 0. The van der Waals surface area contributed by atoms with Gasteiger partial charge in [0.2, 0.25) is 0 Å². The van der Waals surface area contributed by atoms with Crippen LogP contribution in [0.5, 0.6) is 0 Å². The first-order valence-corrected chi connectivity index (χ1v) is 6.29. The summed E-state index contributed by atoms with van der Waals surface area (Å²) in [7, 11) is 1.41. The number of nitrogens with zero attached hydrogens (tertiary/aromatic N) is 1. The van der Waals surface area contributed by atoms with E-state index >= 15 is 0 Å². The third-order valence-corrected chi connectivity index (χ3v) is 3.47. The van der Waals surface area contributed by atoms with Crippen LogP contribution in [0.1, 0.15) is 12.8 Å². The topological polar surface area (TPSA) is 48.0 Å². The Hall–Kier alpha value is -0.650. The first-order chi connectivity index (χ1) is 8.29. The lowest BCUT2D eigenvalue weighted by atomic mass is 9.99. The fourth-order valence-corrected chi connectivity index (χ4v) is 2.44. The van der Waals surface area contributed by atoms with Gasteiger partial charge in [0.25, 0.3) is 0 Å². The van der Waals surface area contributed by atoms with Crippen LogP contribution >= 0.6 is 0 Å². The van der Waals surface area contributed by atoms with Crippen LogP contribution in [-0.2, 0) is 19.0 Å². The number of morpholine rings is 1. The van der Waals surface area contributed by atoms with Crippen LogP contribution in [0, 0.1) is 5.92 Å². The number of esters is 1. The lowest BCUT2D eigenvalue weighted by molar-refractivity contribution is -0.160. The summed E-state index contributed by atoms with van der Waals surface area (Å²) in [5.41, 5.74) is 0. The molecule has 0 bridgehead atoms. The molecule has 0 aromatic rings. The van der Waals surface area contributed by atoms with Crippen molar-refractivity contribution in [3.8, 4) is 0 Å². The van der Waals surface area contributed by atoms with Crippen molar-refractivity contribution in [2.24, 2.45) is 5.92 Å². The Morgan fingerprint density at radius 2 is 2.12 bits per heavy atom. The van der Waals surface area contributed by atoms with Gasteiger partial charge in [-0.25, -0.2) is 4.79 Å². The predicted molar refractivity (Wildman–Crippen MR) is 61.7 cm³/mol. The zero-order valence-corrected chi connectivity index (χ0v) is 10.4. The van der Waals surface area contributed by atoms with E-state index in [2.05, 4.69) is 4.90 Å². The molecule has 0 aliphatic carbocycles. The van der Waals surface area contributed by atoms with Gasteiger partial charge in [-0.1, -0.05) is 0 Å². The van der Waals surface area contributed by atoms with Crippen LogP contribution in [0.3, 0.4) is 0 Å². The zero-order valence-electron chi connectivity index (χ0n) is 10.4. The summed E-state index contributed by atoms with van der Waals surface area (Å²) in [5.74, 6) is 0.432. The number of methoxy groups -OCH3 is 1. The molecule has 0 N–H and O–H groups in total. The molecule has 2 aliphatic heterocycles. The van der Waals surface area contributed by atoms with E-state index in [-0.39, 0.29) is 5.97 Å². The summed E-state index contributed by atoms with van der Waals surface area (Å²) in [6.07, 6.45) is 1.84. The quantitative estimate of drug-likeness (QED) is 0.667. The molecule has 2 rings (SSSR count). The largest absolute Gasteiger partial charge is 0.467 e. The molecule has 1 unspecified atom stereocenters. The molecule has 0 aromatic heterocycles. The molecule has 0 radical (unpaired) electrons. The van der Waals surface area contributed by atoms with Gasteiger partial charge in [-0.15, -0.1) is 0 Å². The van der Waals surface area contributed by atoms with Crippen LogP contribution in [-0.4, -0.2) is 63.5 Å². The van der Waals surface area contributed by atoms with Crippen molar-refractivity contribution in [3.63, 3.8) is 0 Å². The smallest absolute Gasteiger partial charge is 0.336 e. The summed E-state index contributed by atoms with van der Waals surface area (Å²) in [4.78, 5) is 13.7. The maximum absolute atomic E-state index is 11.4. The Morgan fingerprint density at radius 1 is 1.35 bits per heavy atom. The fraction of sp³-hybridized carbons (Fsp3) is 0.917. The van der Waals surface area contributed by atoms with E-state index in [9.17, 15) is 4.79 Å². The van der Waals surface area contributed by atoms with Crippen molar-refractivity contribution < 1.29 is 19.0 Å². The van der Waals surface area contributed by atoms with E-state index in [0.717, 1.165) is 39.1 Å². The highest BCUT2D eigenvalue weighted by Crippen LogP contribution is 2.17. The molecule has 0 amide bonds. The second kappa shape index (κ2) is 6.33. The maximum atomic E-state index is 11.4. The van der Waals surface area contributed by atoms with E-state index in [1.165, 1.54) is 7.11 Å². The molecule has 0 spiro atoms. The Balaban J connectivity index is 1.78. The highest BCUT2D eigenvalue weighted by atomic mass is 16.6. The normalized spacial score (nSPS) is 27.9. The lowest BCUT2D eigenvalue weighted by Crippen LogP contribution is -2.48. The summed E-state index contributed by atoms with van der Waals surface area (Å²) in [6.45, 7) is 4.96. The Bertz CT molecular complexity index is 253. The maximum Gasteiger partial charge on any atom is 0.336 e. The average Bonchev–Trinajstić information content (AvgIpc) is 2.39. The van der Waals surface area contributed by atoms with Gasteiger partial charge < -0.3 is 14.2 Å². The average molecular weight is 243 g/mol. The summed E-state index contributed by atoms with van der Waals surface area (Å²) >= 11 is 0. The number of rotatable bonds is 3. The van der Waals surface area contributed by atoms with E-state index in [4.69, 9.17) is 14.2 Å². The molecular formula is C12H21NO4. The lowest BCUT2D eigenvalue weighted by Gasteiger charge is -2.34. The van der Waals surface area contributed by atoms with Gasteiger partial charge in [0.05, 0.1) is 13.7 Å². The van der Waals surface area contributed by atoms with Crippen LogP contribution < -0.4 is 0 Å². The molecule has 0 aromatic carbocycles. The van der Waals surface area contributed by atoms with Crippen molar-refractivity contribution in [2.75, 3.05) is 46.6 Å². The Morgan fingerprint density at radius 3 is 2.82 bits per heavy atom. The number of carbonyl (C=O) groups excluding carboxylic acids is 1. The van der Waals surface area contributed by atoms with Gasteiger partial charge >= 0.3 is 5.97 Å². The number of ether oxygens (including phenoxy) is 3. The van der Waals surface area contributed by atoms with Crippen LogP contribution in [0.15, 0.2) is 0 Å². The van der Waals surface area contributed by atoms with Crippen molar-refractivity contribution in [1.82, 2.24) is 4.90 Å². The molecule has 5 heteroatoms. The standard InChI is InChI=1S/C12H21NO4/c1-15-12(14)11-9-13(4-7-17-11)8-10-2-5-16-6-3-10/h10-11H,2-9H2,1H3. The molecular weight excluding hydrogens is 222 g/mol. The summed E-state index contributed by atoms with van der Waals surface area (Å²) < 4.78 is 15.5. The van der Waals surface area contributed by atoms with Gasteiger partial charge in [-0.3, -0.25) is 4.90 Å². The van der Waals surface area contributed by atoms with E-state index in [1.807, 2.05) is 0 Å². The second-order valence-corrected chi connectivity index (χ2v) is 4.70. The molecule has 2 heterocycles. The molecule has 17 heavy (non-hydrogen) atoms. The number of carbonyl (C=O) groups is 1. The fourth-order valence-electron chi connectivity index (χ4n) is 2.44. The molecule has 1 atom stereocenters. The highest BCUT2D eigenvalue weighted by Gasteiger charge is 2.28. The van der Waals surface area contributed by atoms with E-state index in [0.29, 0.717) is 19.1 Å². The van der Waals surface area contributed by atoms with Crippen molar-refractivity contribution in [1.29, 1.82) is 0 Å². The minimum absolute atomic E-state index is 0.262. The third-order valence-electron chi connectivity index (χ3n) is 3.47. The monoisotopic (exact) mass is 243 g/mol. The van der Waals surface area contributed by atoms with Crippen LogP contribution in [0.4, 0.5) is 0 Å². The van der Waals surface area contributed by atoms with Crippen molar-refractivity contribution in [2.45, 2.75) is 18.9 Å². The summed E-state index contributed by atoms with van der Waals surface area (Å²) in [5, 5.41) is 0. The molecule has 98 valence electrons. The van der Waals surface area contributed by atoms with E-state index in [1.54, 1.807) is 0 Å². The highest BCUT2D eigenvalue weighted by molar-refractivity contribution is 5.74. The number of hydrogen-bond acceptors (Lipinski definition) is 5. The first-order valence-electron chi connectivity index (χ1n) is 6.29. The van der Waals surface area contributed by atoms with Gasteiger partial charge in [0, 0.05) is 32.8 Å². The predicted octanol–water partition coefficient (Wildman–Crippen LogP) is 0.287. The van der Waals surface area contributed by atoms with Crippen LogP contribution in [0.2, 0.25) is 0 Å². The zero-order chi connectivity index (χ0) is 12.1. The van der Waals surface area contributed by atoms with Crippen LogP contribution in [0.25, 0.3) is 0 Å².